The van der Waals surface area contributed by atoms with Crippen LogP contribution in [0.3, 0.4) is 0 Å². The van der Waals surface area contributed by atoms with Crippen molar-refractivity contribution in [1.82, 2.24) is 0 Å². The Morgan fingerprint density at radius 2 is 0.741 bits per heavy atom. The van der Waals surface area contributed by atoms with Crippen molar-refractivity contribution in [3.63, 3.8) is 0 Å². The van der Waals surface area contributed by atoms with Crippen LogP contribution in [0.1, 0.15) is 149 Å². The third-order valence-corrected chi connectivity index (χ3v) is 6.26. The summed E-state index contributed by atoms with van der Waals surface area (Å²) in [4.78, 5) is 0. The van der Waals surface area contributed by atoms with Crippen LogP contribution in [0, 0.1) is 11.8 Å². The van der Waals surface area contributed by atoms with Crippen molar-refractivity contribution in [2.24, 2.45) is 11.8 Å². The van der Waals surface area contributed by atoms with Gasteiger partial charge in [0.05, 0.1) is 0 Å². The predicted molar refractivity (Wildman–Crippen MR) is 123 cm³/mol. The Balaban J connectivity index is 3.15. The lowest BCUT2D eigenvalue weighted by Crippen LogP contribution is -1.99. The lowest BCUT2D eigenvalue weighted by atomic mass is 9.95. The van der Waals surface area contributed by atoms with Crippen molar-refractivity contribution in [2.45, 2.75) is 149 Å². The minimum absolute atomic E-state index is 0.359. The summed E-state index contributed by atoms with van der Waals surface area (Å²) in [7, 11) is 0. The second-order valence-corrected chi connectivity index (χ2v) is 9.42. The Morgan fingerprint density at radius 3 is 1.07 bits per heavy atom. The topological polar surface area (TPSA) is 20.2 Å². The van der Waals surface area contributed by atoms with Gasteiger partial charge in [0.15, 0.2) is 0 Å². The van der Waals surface area contributed by atoms with E-state index in [9.17, 15) is 0 Å². The fraction of sp³-hybridized carbons (Fsp3) is 1.00. The molecule has 0 aliphatic rings. The molecule has 0 aliphatic heterocycles. The van der Waals surface area contributed by atoms with Gasteiger partial charge in [-0.05, 0) is 18.3 Å². The van der Waals surface area contributed by atoms with Gasteiger partial charge in [-0.1, -0.05) is 143 Å². The SMILES string of the molecule is CCCCCCCCCC[C@H](C)CCCCCCCCCCC[C@@H](C)CO. The highest BCUT2D eigenvalue weighted by Crippen LogP contribution is 2.19. The molecule has 0 spiro atoms. The lowest BCUT2D eigenvalue weighted by molar-refractivity contribution is 0.227. The van der Waals surface area contributed by atoms with Crippen molar-refractivity contribution in [1.29, 1.82) is 0 Å². The van der Waals surface area contributed by atoms with Gasteiger partial charge in [-0.15, -0.1) is 0 Å². The molecule has 164 valence electrons. The number of unbranched alkanes of at least 4 members (excludes halogenated alkanes) is 15. The molecule has 0 aromatic rings. The third kappa shape index (κ3) is 22.1. The molecule has 0 radical (unpaired) electrons. The maximum Gasteiger partial charge on any atom is 0.0456 e. The summed E-state index contributed by atoms with van der Waals surface area (Å²) in [6, 6.07) is 0. The van der Waals surface area contributed by atoms with Crippen molar-refractivity contribution in [3.05, 3.63) is 0 Å². The summed E-state index contributed by atoms with van der Waals surface area (Å²) >= 11 is 0. The summed E-state index contributed by atoms with van der Waals surface area (Å²) in [5.74, 6) is 1.45. The van der Waals surface area contributed by atoms with Crippen LogP contribution in [-0.4, -0.2) is 11.7 Å². The van der Waals surface area contributed by atoms with Crippen LogP contribution in [0.25, 0.3) is 0 Å². The molecule has 1 heteroatoms. The molecule has 0 saturated heterocycles. The first kappa shape index (κ1) is 27.0. The van der Waals surface area contributed by atoms with Gasteiger partial charge >= 0.3 is 0 Å². The molecular weight excluding hydrogens is 328 g/mol. The minimum atomic E-state index is 0.359. The number of rotatable bonds is 22. The average Bonchev–Trinajstić information content (AvgIpc) is 2.67. The number of aliphatic hydroxyl groups is 1. The molecule has 0 aromatic heterocycles. The van der Waals surface area contributed by atoms with E-state index in [1.54, 1.807) is 0 Å². The number of aliphatic hydroxyl groups excluding tert-OH is 1. The van der Waals surface area contributed by atoms with Gasteiger partial charge in [0.25, 0.3) is 0 Å². The molecule has 0 heterocycles. The van der Waals surface area contributed by atoms with Crippen LogP contribution >= 0.6 is 0 Å². The summed E-state index contributed by atoms with van der Waals surface area (Å²) in [5, 5.41) is 9.01. The first-order valence-corrected chi connectivity index (χ1v) is 12.8. The van der Waals surface area contributed by atoms with Gasteiger partial charge < -0.3 is 5.11 Å². The van der Waals surface area contributed by atoms with E-state index >= 15 is 0 Å². The highest BCUT2D eigenvalue weighted by molar-refractivity contribution is 4.56. The molecule has 1 nitrogen and oxygen atoms in total. The zero-order chi connectivity index (χ0) is 20.0. The number of hydrogen-bond acceptors (Lipinski definition) is 1. The normalized spacial score (nSPS) is 13.8. The van der Waals surface area contributed by atoms with Gasteiger partial charge in [0.1, 0.15) is 0 Å². The second kappa shape index (κ2) is 22.3. The molecule has 1 N–H and O–H groups in total. The molecule has 0 amide bonds. The third-order valence-electron chi connectivity index (χ3n) is 6.26. The monoisotopic (exact) mass is 382 g/mol. The molecule has 0 saturated carbocycles. The summed E-state index contributed by atoms with van der Waals surface area (Å²) in [5.41, 5.74) is 0. The Kier molecular flexibility index (Phi) is 22.2. The maximum absolute atomic E-state index is 9.01. The Morgan fingerprint density at radius 1 is 0.444 bits per heavy atom. The largest absolute Gasteiger partial charge is 0.396 e. The second-order valence-electron chi connectivity index (χ2n) is 9.42. The standard InChI is InChI=1S/C26H54O/c1-4-5-6-7-8-12-15-18-21-25(2)22-19-16-13-10-9-11-14-17-20-23-26(3)24-27/h25-27H,4-24H2,1-3H3/t25-,26+/m0/s1. The summed E-state index contributed by atoms with van der Waals surface area (Å²) < 4.78 is 0. The Labute approximate surface area is 173 Å². The molecular formula is C26H54O. The molecule has 27 heavy (non-hydrogen) atoms. The van der Waals surface area contributed by atoms with E-state index < -0.39 is 0 Å². The van der Waals surface area contributed by atoms with Crippen molar-refractivity contribution in [3.8, 4) is 0 Å². The van der Waals surface area contributed by atoms with E-state index in [2.05, 4.69) is 20.8 Å². The van der Waals surface area contributed by atoms with E-state index in [1.165, 1.54) is 128 Å². The van der Waals surface area contributed by atoms with Crippen LogP contribution in [0.4, 0.5) is 0 Å². The number of hydrogen-bond donors (Lipinski definition) is 1. The van der Waals surface area contributed by atoms with Crippen LogP contribution in [0.15, 0.2) is 0 Å². The average molecular weight is 383 g/mol. The molecule has 0 aromatic carbocycles. The summed E-state index contributed by atoms with van der Waals surface area (Å²) in [6.45, 7) is 7.28. The highest BCUT2D eigenvalue weighted by Gasteiger charge is 2.02. The molecule has 0 bridgehead atoms. The predicted octanol–water partition coefficient (Wildman–Crippen LogP) is 9.07. The molecule has 0 aliphatic carbocycles. The van der Waals surface area contributed by atoms with E-state index in [0.29, 0.717) is 12.5 Å². The first-order chi connectivity index (χ1) is 13.2. The van der Waals surface area contributed by atoms with Crippen LogP contribution in [0.5, 0.6) is 0 Å². The zero-order valence-electron chi connectivity index (χ0n) is 19.5. The lowest BCUT2D eigenvalue weighted by Gasteiger charge is -2.11. The Hall–Kier alpha value is -0.0400. The molecule has 2 atom stereocenters. The fourth-order valence-electron chi connectivity index (χ4n) is 4.09. The van der Waals surface area contributed by atoms with Crippen molar-refractivity contribution >= 4 is 0 Å². The van der Waals surface area contributed by atoms with Gasteiger partial charge in [-0.3, -0.25) is 0 Å². The van der Waals surface area contributed by atoms with E-state index in [0.717, 1.165) is 5.92 Å². The Bertz CT molecular complexity index is 263. The van der Waals surface area contributed by atoms with Crippen LogP contribution < -0.4 is 0 Å². The van der Waals surface area contributed by atoms with E-state index in [1.807, 2.05) is 0 Å². The highest BCUT2D eigenvalue weighted by atomic mass is 16.3. The molecule has 0 unspecified atom stereocenters. The van der Waals surface area contributed by atoms with E-state index in [-0.39, 0.29) is 0 Å². The van der Waals surface area contributed by atoms with E-state index in [4.69, 9.17) is 5.11 Å². The van der Waals surface area contributed by atoms with Crippen molar-refractivity contribution in [2.75, 3.05) is 6.61 Å². The molecule has 0 rings (SSSR count). The van der Waals surface area contributed by atoms with Crippen LogP contribution in [0.2, 0.25) is 0 Å². The smallest absolute Gasteiger partial charge is 0.0456 e. The van der Waals surface area contributed by atoms with Crippen LogP contribution in [-0.2, 0) is 0 Å². The fourth-order valence-corrected chi connectivity index (χ4v) is 4.09. The quantitative estimate of drug-likeness (QED) is 0.185. The molecule has 0 fully saturated rings. The maximum atomic E-state index is 9.01. The first-order valence-electron chi connectivity index (χ1n) is 12.8. The van der Waals surface area contributed by atoms with Gasteiger partial charge in [-0.2, -0.15) is 0 Å². The summed E-state index contributed by atoms with van der Waals surface area (Å²) in [6.07, 6.45) is 28.4. The van der Waals surface area contributed by atoms with Crippen molar-refractivity contribution < 1.29 is 5.11 Å². The van der Waals surface area contributed by atoms with Gasteiger partial charge in [-0.25, -0.2) is 0 Å². The van der Waals surface area contributed by atoms with Gasteiger partial charge in [0.2, 0.25) is 0 Å². The zero-order valence-corrected chi connectivity index (χ0v) is 19.5. The van der Waals surface area contributed by atoms with Gasteiger partial charge in [0, 0.05) is 6.61 Å². The minimum Gasteiger partial charge on any atom is -0.396 e.